The van der Waals surface area contributed by atoms with E-state index in [2.05, 4.69) is 180 Å². The molecule has 3 N–H and O–H groups in total. The number of carbonyl (C=O) groups excluding carboxylic acids is 4. The van der Waals surface area contributed by atoms with E-state index in [0.717, 1.165) is 199 Å². The first-order valence-electron chi connectivity index (χ1n) is 42.4. The quantitative estimate of drug-likeness (QED) is 0.0169. The summed E-state index contributed by atoms with van der Waals surface area (Å²) < 4.78 is 68.7. The van der Waals surface area contributed by atoms with Crippen LogP contribution in [-0.2, 0) is 65.4 Å². The first-order chi connectivity index (χ1) is 53.7. The number of rotatable bonds is 78. The Bertz CT molecular complexity index is 2750. The highest BCUT2D eigenvalue weighted by atomic mass is 31.2. The van der Waals surface area contributed by atoms with Crippen LogP contribution in [-0.4, -0.2) is 96.7 Å². The van der Waals surface area contributed by atoms with Gasteiger partial charge >= 0.3 is 39.5 Å². The van der Waals surface area contributed by atoms with Crippen molar-refractivity contribution in [2.24, 2.45) is 0 Å². The number of allylic oxidation sites excluding steroid dienone is 28. The summed E-state index contributed by atoms with van der Waals surface area (Å²) in [4.78, 5) is 73.2. The van der Waals surface area contributed by atoms with Crippen LogP contribution in [0.5, 0.6) is 0 Å². The number of aliphatic hydroxyl groups is 1. The number of hydrogen-bond acceptors (Lipinski definition) is 15. The van der Waals surface area contributed by atoms with Crippen molar-refractivity contribution in [1.29, 1.82) is 0 Å². The van der Waals surface area contributed by atoms with E-state index in [1.54, 1.807) is 0 Å². The van der Waals surface area contributed by atoms with Crippen molar-refractivity contribution >= 4 is 39.5 Å². The molecule has 110 heavy (non-hydrogen) atoms. The van der Waals surface area contributed by atoms with Crippen LogP contribution < -0.4 is 0 Å². The molecule has 0 aromatic rings. The third-order valence-electron chi connectivity index (χ3n) is 17.1. The summed E-state index contributed by atoms with van der Waals surface area (Å²) in [6, 6.07) is 0. The Labute approximate surface area is 667 Å². The van der Waals surface area contributed by atoms with Gasteiger partial charge in [0.05, 0.1) is 26.4 Å². The Balaban J connectivity index is 5.47. The zero-order valence-electron chi connectivity index (χ0n) is 68.6. The van der Waals surface area contributed by atoms with E-state index in [1.165, 1.54) is 38.5 Å². The van der Waals surface area contributed by atoms with Gasteiger partial charge in [-0.15, -0.1) is 0 Å². The molecule has 0 spiro atoms. The molecule has 0 radical (unpaired) electrons. The molecule has 5 unspecified atom stereocenters. The minimum absolute atomic E-state index is 0.0275. The van der Waals surface area contributed by atoms with Crippen LogP contribution in [0.25, 0.3) is 0 Å². The molecule has 0 rings (SSSR count). The molecule has 0 heterocycles. The van der Waals surface area contributed by atoms with Crippen molar-refractivity contribution in [2.45, 2.75) is 341 Å². The van der Waals surface area contributed by atoms with E-state index < -0.39 is 97.5 Å². The summed E-state index contributed by atoms with van der Waals surface area (Å²) in [6.07, 6.45) is 97.6. The van der Waals surface area contributed by atoms with Gasteiger partial charge in [-0.25, -0.2) is 9.13 Å². The smallest absolute Gasteiger partial charge is 0.462 e. The summed E-state index contributed by atoms with van der Waals surface area (Å²) in [5.74, 6) is -2.32. The fourth-order valence-electron chi connectivity index (χ4n) is 10.7. The molecule has 17 nitrogen and oxygen atoms in total. The molecular formula is C91H150O17P2. The Morgan fingerprint density at radius 1 is 0.264 bits per heavy atom. The van der Waals surface area contributed by atoms with Gasteiger partial charge in [-0.2, -0.15) is 0 Å². The van der Waals surface area contributed by atoms with Gasteiger partial charge in [-0.1, -0.05) is 301 Å². The highest BCUT2D eigenvalue weighted by Crippen LogP contribution is 2.45. The largest absolute Gasteiger partial charge is 0.472 e. The van der Waals surface area contributed by atoms with Gasteiger partial charge < -0.3 is 33.8 Å². The lowest BCUT2D eigenvalue weighted by molar-refractivity contribution is -0.161. The molecule has 5 atom stereocenters. The van der Waals surface area contributed by atoms with E-state index in [9.17, 15) is 43.2 Å². The van der Waals surface area contributed by atoms with E-state index in [0.29, 0.717) is 32.1 Å². The third kappa shape index (κ3) is 80.5. The van der Waals surface area contributed by atoms with Crippen molar-refractivity contribution in [3.63, 3.8) is 0 Å². The topological polar surface area (TPSA) is 237 Å². The monoisotopic (exact) mass is 1580 g/mol. The van der Waals surface area contributed by atoms with Crippen LogP contribution in [0.4, 0.5) is 0 Å². The standard InChI is InChI=1S/C91H150O17P2/c1-5-9-13-17-21-25-29-33-36-39-42-45-48-52-55-59-63-67-71-75-88(93)101-81-86(107-90(95)77-73-69-65-61-57-51-32-28-24-20-16-12-8-4)83-105-109(97,98)103-79-85(92)80-104-110(99,100)106-84-87(108-91(96)78-74-70-66-62-58-54-50-47-44-41-38-35-31-27-23-19-15-11-7-3)82-102-89(94)76-72-68-64-60-56-53-49-46-43-40-37-34-30-26-22-18-14-10-6-2/h9,13,16,20-23,25-28,32-38,42-47,52,55,63,67,85-87,92H,5-8,10-12,14-15,17-19,24,29-31,39-41,48-51,53-54,56-62,64-66,68-84H2,1-4H3,(H,97,98)(H,99,100)/b13-9-,20-16-,25-21-,26-22-,27-23-,32-28-,36-33-,37-34-,38-35-,45-42-,46-43-,47-44-,55-52-,67-63-. The molecule has 0 aliphatic carbocycles. The molecule has 0 fully saturated rings. The minimum atomic E-state index is -5.01. The van der Waals surface area contributed by atoms with Crippen molar-refractivity contribution in [2.75, 3.05) is 39.6 Å². The first kappa shape index (κ1) is 104. The minimum Gasteiger partial charge on any atom is -0.462 e. The van der Waals surface area contributed by atoms with Gasteiger partial charge in [0.1, 0.15) is 19.3 Å². The summed E-state index contributed by atoms with van der Waals surface area (Å²) in [5, 5.41) is 10.7. The fraction of sp³-hybridized carbons (Fsp3) is 0.648. The van der Waals surface area contributed by atoms with Gasteiger partial charge in [-0.05, 0) is 167 Å². The predicted octanol–water partition coefficient (Wildman–Crippen LogP) is 25.3. The van der Waals surface area contributed by atoms with Crippen molar-refractivity contribution < 1.29 is 80.2 Å². The number of phosphoric ester groups is 2. The number of aliphatic hydroxyl groups excluding tert-OH is 1. The molecule has 19 heteroatoms. The summed E-state index contributed by atoms with van der Waals surface area (Å²) in [7, 11) is -10.0. The molecule has 0 aromatic carbocycles. The normalized spacial score (nSPS) is 14.6. The Kier molecular flexibility index (Phi) is 77.3. The predicted molar refractivity (Wildman–Crippen MR) is 454 cm³/mol. The SMILES string of the molecule is CC/C=C\C/C=C\C/C=C\C/C=C\C/C=C\C/C=C\CCC(=O)OCC(COP(=O)(O)OCC(O)COP(=O)(O)OCC(COC(=O)CCCCCCCC/C=C\C/C=C\C/C=C\CCCCC)OC(=O)CCCCCCCC/C=C\C/C=C\C/C=C\CCCCC)OC(=O)CCCCCCC/C=C\C/C=C\CCC. The van der Waals surface area contributed by atoms with Gasteiger partial charge in [0.2, 0.25) is 0 Å². The van der Waals surface area contributed by atoms with Gasteiger partial charge in [-0.3, -0.25) is 37.3 Å². The third-order valence-corrected chi connectivity index (χ3v) is 19.0. The average Bonchev–Trinajstić information content (AvgIpc) is 0.942. The lowest BCUT2D eigenvalue weighted by Crippen LogP contribution is -2.30. The lowest BCUT2D eigenvalue weighted by Gasteiger charge is -2.21. The average molecular weight is 1580 g/mol. The molecule has 0 aliphatic rings. The zero-order valence-corrected chi connectivity index (χ0v) is 70.4. The molecular weight excluding hydrogens is 1430 g/mol. The maximum atomic E-state index is 13.1. The molecule has 0 amide bonds. The molecule has 626 valence electrons. The van der Waals surface area contributed by atoms with Crippen LogP contribution in [0, 0.1) is 0 Å². The van der Waals surface area contributed by atoms with E-state index in [1.807, 2.05) is 18.2 Å². The molecule has 0 aliphatic heterocycles. The van der Waals surface area contributed by atoms with Crippen molar-refractivity contribution in [3.05, 3.63) is 170 Å². The second kappa shape index (κ2) is 81.4. The van der Waals surface area contributed by atoms with E-state index >= 15 is 0 Å². The van der Waals surface area contributed by atoms with Gasteiger partial charge in [0.15, 0.2) is 12.2 Å². The Morgan fingerprint density at radius 2 is 0.509 bits per heavy atom. The second-order valence-electron chi connectivity index (χ2n) is 27.7. The van der Waals surface area contributed by atoms with Crippen molar-refractivity contribution in [3.8, 4) is 0 Å². The highest BCUT2D eigenvalue weighted by molar-refractivity contribution is 7.47. The van der Waals surface area contributed by atoms with E-state index in [-0.39, 0.29) is 25.7 Å². The lowest BCUT2D eigenvalue weighted by atomic mass is 10.1. The van der Waals surface area contributed by atoms with Crippen LogP contribution in [0.2, 0.25) is 0 Å². The summed E-state index contributed by atoms with van der Waals surface area (Å²) >= 11 is 0. The van der Waals surface area contributed by atoms with Gasteiger partial charge in [0, 0.05) is 25.7 Å². The Hall–Kier alpha value is -5.58. The molecule has 0 aromatic heterocycles. The van der Waals surface area contributed by atoms with Crippen LogP contribution in [0.1, 0.15) is 323 Å². The maximum Gasteiger partial charge on any atom is 0.472 e. The number of phosphoric acid groups is 2. The number of ether oxygens (including phenoxy) is 4. The summed E-state index contributed by atoms with van der Waals surface area (Å²) in [6.45, 7) is 4.52. The highest BCUT2D eigenvalue weighted by Gasteiger charge is 2.30. The summed E-state index contributed by atoms with van der Waals surface area (Å²) in [5.41, 5.74) is 0. The first-order valence-corrected chi connectivity index (χ1v) is 45.4. The zero-order chi connectivity index (χ0) is 80.3. The molecule has 0 saturated heterocycles. The van der Waals surface area contributed by atoms with Crippen LogP contribution in [0.3, 0.4) is 0 Å². The van der Waals surface area contributed by atoms with Gasteiger partial charge in [0.25, 0.3) is 0 Å². The Morgan fingerprint density at radius 3 is 0.818 bits per heavy atom. The fourth-order valence-corrected chi connectivity index (χ4v) is 12.3. The number of carbonyl (C=O) groups is 4. The second-order valence-corrected chi connectivity index (χ2v) is 30.6. The van der Waals surface area contributed by atoms with Crippen molar-refractivity contribution in [1.82, 2.24) is 0 Å². The van der Waals surface area contributed by atoms with Crippen LogP contribution >= 0.6 is 15.6 Å². The number of unbranched alkanes of at least 4 members (excludes halogenated alkanes) is 24. The molecule has 0 bridgehead atoms. The molecule has 0 saturated carbocycles. The maximum absolute atomic E-state index is 13.1. The van der Waals surface area contributed by atoms with E-state index in [4.69, 9.17) is 37.0 Å². The number of hydrogen-bond donors (Lipinski definition) is 3. The van der Waals surface area contributed by atoms with Crippen LogP contribution in [0.15, 0.2) is 170 Å². The number of esters is 4.